The van der Waals surface area contributed by atoms with Crippen molar-refractivity contribution < 1.29 is 14.7 Å². The highest BCUT2D eigenvalue weighted by molar-refractivity contribution is 6.30. The molecule has 0 unspecified atom stereocenters. The minimum atomic E-state index is -1.60. The molecule has 0 aliphatic heterocycles. The van der Waals surface area contributed by atoms with E-state index in [4.69, 9.17) is 5.11 Å². The van der Waals surface area contributed by atoms with E-state index in [2.05, 4.69) is 15.7 Å². The molecule has 1 rings (SSSR count). The summed E-state index contributed by atoms with van der Waals surface area (Å²) in [5.74, 6) is -2.93. The summed E-state index contributed by atoms with van der Waals surface area (Å²) < 4.78 is 0. The van der Waals surface area contributed by atoms with Gasteiger partial charge in [-0.05, 0) is 0 Å². The highest BCUT2D eigenvalue weighted by atomic mass is 16.4. The molecule has 3 N–H and O–H groups in total. The number of hydrogen-bond acceptors (Lipinski definition) is 4. The second-order valence-electron chi connectivity index (χ2n) is 1.56. The lowest BCUT2D eigenvalue weighted by Crippen LogP contribution is -2.21. The third-order valence-corrected chi connectivity index (χ3v) is 0.688. The summed E-state index contributed by atoms with van der Waals surface area (Å²) in [6.07, 6.45) is 6.56. The molecule has 64 valence electrons. The van der Waals surface area contributed by atoms with Crippen molar-refractivity contribution >= 4 is 11.9 Å². The van der Waals surface area contributed by atoms with Crippen molar-refractivity contribution in [2.45, 2.75) is 0 Å². The third-order valence-electron chi connectivity index (χ3n) is 0.688. The number of nitrogens with zero attached hydrogens (tertiary/aromatic N) is 2. The lowest BCUT2D eigenvalue weighted by molar-refractivity contribution is -0.148. The van der Waals surface area contributed by atoms with Crippen LogP contribution < -0.4 is 5.73 Å². The van der Waals surface area contributed by atoms with E-state index < -0.39 is 11.9 Å². The molecule has 1 aromatic heterocycles. The number of carboxylic acid groups (broad SMARTS) is 1. The van der Waals surface area contributed by atoms with Gasteiger partial charge in [0.2, 0.25) is 0 Å². The molecule has 6 heteroatoms. The quantitative estimate of drug-likeness (QED) is 0.486. The van der Waals surface area contributed by atoms with Gasteiger partial charge in [-0.25, -0.2) is 4.79 Å². The summed E-state index contributed by atoms with van der Waals surface area (Å²) >= 11 is 0. The molecular weight excluding hydrogens is 162 g/mol. The van der Waals surface area contributed by atoms with Crippen molar-refractivity contribution in [1.82, 2.24) is 9.97 Å². The predicted molar refractivity (Wildman–Crippen MR) is 38.9 cm³/mol. The van der Waals surface area contributed by atoms with E-state index in [0.29, 0.717) is 0 Å². The van der Waals surface area contributed by atoms with Gasteiger partial charge in [0.05, 0.1) is 0 Å². The Morgan fingerprint density at radius 2 is 1.33 bits per heavy atom. The topological polar surface area (TPSA) is 106 Å². The third kappa shape index (κ3) is 6.14. The highest BCUT2D eigenvalue weighted by Gasteiger charge is 2.00. The predicted octanol–water partition coefficient (Wildman–Crippen LogP) is -0.967. The molecule has 1 heterocycles. The molecule has 0 spiro atoms. The van der Waals surface area contributed by atoms with Crippen LogP contribution in [0, 0.1) is 0 Å². The first-order valence-electron chi connectivity index (χ1n) is 2.87. The molecule has 0 aromatic carbocycles. The number of amides is 1. The van der Waals surface area contributed by atoms with Gasteiger partial charge in [-0.3, -0.25) is 14.8 Å². The molecule has 0 saturated carbocycles. The summed E-state index contributed by atoms with van der Waals surface area (Å²) in [6.45, 7) is 0. The van der Waals surface area contributed by atoms with Crippen LogP contribution >= 0.6 is 0 Å². The van der Waals surface area contributed by atoms with E-state index in [0.717, 1.165) is 0 Å². The fourth-order valence-corrected chi connectivity index (χ4v) is 0.253. The molecule has 0 radical (unpaired) electrons. The van der Waals surface area contributed by atoms with Gasteiger partial charge in [0, 0.05) is 24.8 Å². The zero-order valence-corrected chi connectivity index (χ0v) is 6.04. The van der Waals surface area contributed by atoms with Gasteiger partial charge >= 0.3 is 11.9 Å². The Kier molecular flexibility index (Phi) is 4.83. The van der Waals surface area contributed by atoms with Crippen LogP contribution in [0.5, 0.6) is 0 Å². The molecule has 0 saturated heterocycles. The zero-order chi connectivity index (χ0) is 9.40. The Bertz CT molecular complexity index is 211. The Labute approximate surface area is 68.1 Å². The standard InChI is InChI=1S/C4H4N2.C2H3NO3/c1-2-6-4-3-5-1;3-1(4)2(5)6/h1-4H;(H2,3,4)(H,5,6). The van der Waals surface area contributed by atoms with Crippen molar-refractivity contribution in [2.24, 2.45) is 5.73 Å². The average molecular weight is 169 g/mol. The molecule has 1 amide bonds. The second-order valence-corrected chi connectivity index (χ2v) is 1.56. The SMILES string of the molecule is NC(=O)C(=O)O.c1cnccn1. The largest absolute Gasteiger partial charge is 0.474 e. The molecule has 0 bridgehead atoms. The maximum Gasteiger partial charge on any atom is 0.394 e. The van der Waals surface area contributed by atoms with Crippen LogP contribution in [0.15, 0.2) is 24.8 Å². The second kappa shape index (κ2) is 5.78. The van der Waals surface area contributed by atoms with Gasteiger partial charge in [0.15, 0.2) is 0 Å². The maximum atomic E-state index is 9.32. The minimum Gasteiger partial charge on any atom is -0.474 e. The van der Waals surface area contributed by atoms with E-state index in [9.17, 15) is 9.59 Å². The van der Waals surface area contributed by atoms with Crippen molar-refractivity contribution in [3.63, 3.8) is 0 Å². The molecule has 0 aliphatic carbocycles. The first kappa shape index (κ1) is 10.0. The molecule has 6 nitrogen and oxygen atoms in total. The summed E-state index contributed by atoms with van der Waals surface area (Å²) in [6, 6.07) is 0. The number of carboxylic acids is 1. The van der Waals surface area contributed by atoms with Crippen molar-refractivity contribution in [2.75, 3.05) is 0 Å². The lowest BCUT2D eigenvalue weighted by atomic mass is 10.7. The number of aliphatic carboxylic acids is 1. The van der Waals surface area contributed by atoms with Gasteiger partial charge in [-0.15, -0.1) is 0 Å². The Hall–Kier alpha value is -1.98. The summed E-state index contributed by atoms with van der Waals surface area (Å²) in [7, 11) is 0. The highest BCUT2D eigenvalue weighted by Crippen LogP contribution is 1.65. The fourth-order valence-electron chi connectivity index (χ4n) is 0.253. The van der Waals surface area contributed by atoms with Crippen LogP contribution in [0.25, 0.3) is 0 Å². The molecule has 12 heavy (non-hydrogen) atoms. The number of nitrogens with two attached hydrogens (primary N) is 1. The first-order chi connectivity index (χ1) is 5.64. The van der Waals surface area contributed by atoms with Gasteiger partial charge in [0.1, 0.15) is 0 Å². The normalized spacial score (nSPS) is 7.67. The van der Waals surface area contributed by atoms with Crippen molar-refractivity contribution in [3.8, 4) is 0 Å². The summed E-state index contributed by atoms with van der Waals surface area (Å²) in [5.41, 5.74) is 4.20. The summed E-state index contributed by atoms with van der Waals surface area (Å²) in [4.78, 5) is 26.0. The fraction of sp³-hybridized carbons (Fsp3) is 0. The lowest BCUT2D eigenvalue weighted by Gasteiger charge is -1.74. The molecule has 1 aromatic rings. The van der Waals surface area contributed by atoms with Crippen molar-refractivity contribution in [3.05, 3.63) is 24.8 Å². The van der Waals surface area contributed by atoms with E-state index >= 15 is 0 Å². The van der Waals surface area contributed by atoms with Gasteiger partial charge < -0.3 is 10.8 Å². The Morgan fingerprint density at radius 1 is 1.08 bits per heavy atom. The smallest absolute Gasteiger partial charge is 0.394 e. The van der Waals surface area contributed by atoms with Gasteiger partial charge in [-0.1, -0.05) is 0 Å². The zero-order valence-electron chi connectivity index (χ0n) is 6.04. The number of primary amides is 1. The first-order valence-corrected chi connectivity index (χ1v) is 2.87. The number of rotatable bonds is 0. The summed E-state index contributed by atoms with van der Waals surface area (Å²) in [5, 5.41) is 7.52. The van der Waals surface area contributed by atoms with Gasteiger partial charge in [-0.2, -0.15) is 0 Å². The Balaban J connectivity index is 0.000000202. The van der Waals surface area contributed by atoms with Crippen molar-refractivity contribution in [1.29, 1.82) is 0 Å². The number of hydrogen-bond donors (Lipinski definition) is 2. The van der Waals surface area contributed by atoms with Crippen LogP contribution in [0.4, 0.5) is 0 Å². The number of aromatic nitrogens is 2. The van der Waals surface area contributed by atoms with Crippen LogP contribution in [-0.2, 0) is 9.59 Å². The van der Waals surface area contributed by atoms with E-state index in [1.165, 1.54) is 0 Å². The Morgan fingerprint density at radius 3 is 1.42 bits per heavy atom. The van der Waals surface area contributed by atoms with Crippen LogP contribution in [0.3, 0.4) is 0 Å². The van der Waals surface area contributed by atoms with E-state index in [-0.39, 0.29) is 0 Å². The van der Waals surface area contributed by atoms with Crippen LogP contribution in [0.1, 0.15) is 0 Å². The number of carbonyl (C=O) groups excluding carboxylic acids is 1. The van der Waals surface area contributed by atoms with E-state index in [1.807, 2.05) is 0 Å². The maximum absolute atomic E-state index is 9.32. The molecular formula is C6H7N3O3. The molecule has 0 fully saturated rings. The number of carbonyl (C=O) groups is 2. The van der Waals surface area contributed by atoms with Crippen LogP contribution in [0.2, 0.25) is 0 Å². The average Bonchev–Trinajstić information content (AvgIpc) is 2.08. The molecule has 0 atom stereocenters. The molecule has 0 aliphatic rings. The van der Waals surface area contributed by atoms with Gasteiger partial charge in [0.25, 0.3) is 0 Å². The monoisotopic (exact) mass is 169 g/mol. The van der Waals surface area contributed by atoms with E-state index in [1.54, 1.807) is 24.8 Å². The minimum absolute atomic E-state index is 1.32. The van der Waals surface area contributed by atoms with Crippen LogP contribution in [-0.4, -0.2) is 27.0 Å².